The van der Waals surface area contributed by atoms with Gasteiger partial charge in [-0.3, -0.25) is 9.10 Å². The molecule has 0 spiro atoms. The molecular formula is C18H22N2O5S. The molecule has 0 bridgehead atoms. The molecule has 26 heavy (non-hydrogen) atoms. The highest BCUT2D eigenvalue weighted by molar-refractivity contribution is 7.92. The molecule has 0 fully saturated rings. The minimum absolute atomic E-state index is 0.311. The van der Waals surface area contributed by atoms with Gasteiger partial charge in [-0.05, 0) is 42.8 Å². The first-order chi connectivity index (χ1) is 12.2. The Morgan fingerprint density at radius 3 is 2.23 bits per heavy atom. The van der Waals surface area contributed by atoms with Crippen LogP contribution < -0.4 is 19.1 Å². The average molecular weight is 378 g/mol. The molecule has 0 radical (unpaired) electrons. The van der Waals surface area contributed by atoms with Gasteiger partial charge in [-0.25, -0.2) is 8.42 Å². The largest absolute Gasteiger partial charge is 0.493 e. The van der Waals surface area contributed by atoms with Crippen LogP contribution in [0.3, 0.4) is 0 Å². The molecule has 0 saturated carbocycles. The minimum Gasteiger partial charge on any atom is -0.493 e. The zero-order valence-corrected chi connectivity index (χ0v) is 16.2. The van der Waals surface area contributed by atoms with Crippen molar-refractivity contribution in [2.45, 2.75) is 6.92 Å². The number of benzene rings is 2. The van der Waals surface area contributed by atoms with Gasteiger partial charge in [0.25, 0.3) is 5.91 Å². The molecule has 0 heterocycles. The van der Waals surface area contributed by atoms with Crippen LogP contribution in [0.15, 0.2) is 36.4 Å². The quantitative estimate of drug-likeness (QED) is 0.835. The maximum Gasteiger partial charge on any atom is 0.255 e. The van der Waals surface area contributed by atoms with Gasteiger partial charge in [0.05, 0.1) is 26.2 Å². The SMILES string of the molecule is COc1ccc(NC(=O)c2ccc(N(C)S(C)(=O)=O)c(C)c2)cc1OC. The summed E-state index contributed by atoms with van der Waals surface area (Å²) < 4.78 is 34.9. The summed E-state index contributed by atoms with van der Waals surface area (Å²) >= 11 is 0. The summed E-state index contributed by atoms with van der Waals surface area (Å²) in [5.41, 5.74) is 2.18. The third kappa shape index (κ3) is 4.26. The van der Waals surface area contributed by atoms with E-state index in [0.29, 0.717) is 34.0 Å². The standard InChI is InChI=1S/C18H22N2O5S/c1-12-10-13(6-8-15(12)20(2)26(5,22)23)18(21)19-14-7-9-16(24-3)17(11-14)25-4/h6-11H,1-5H3,(H,19,21). The molecule has 7 nitrogen and oxygen atoms in total. The third-order valence-electron chi connectivity index (χ3n) is 3.94. The Morgan fingerprint density at radius 2 is 1.69 bits per heavy atom. The fourth-order valence-electron chi connectivity index (χ4n) is 2.45. The van der Waals surface area contributed by atoms with Crippen molar-refractivity contribution in [3.63, 3.8) is 0 Å². The van der Waals surface area contributed by atoms with Crippen LogP contribution in [-0.4, -0.2) is 41.8 Å². The van der Waals surface area contributed by atoms with Gasteiger partial charge in [0.15, 0.2) is 11.5 Å². The molecule has 0 unspecified atom stereocenters. The summed E-state index contributed by atoms with van der Waals surface area (Å²) in [6.45, 7) is 1.75. The van der Waals surface area contributed by atoms with Gasteiger partial charge < -0.3 is 14.8 Å². The molecule has 2 rings (SSSR count). The predicted molar refractivity (Wildman–Crippen MR) is 102 cm³/mol. The zero-order chi connectivity index (χ0) is 19.5. The van der Waals surface area contributed by atoms with E-state index in [0.717, 1.165) is 6.26 Å². The number of hydrogen-bond acceptors (Lipinski definition) is 5. The maximum absolute atomic E-state index is 12.5. The van der Waals surface area contributed by atoms with Gasteiger partial charge >= 0.3 is 0 Å². The zero-order valence-electron chi connectivity index (χ0n) is 15.4. The lowest BCUT2D eigenvalue weighted by Gasteiger charge is -2.19. The van der Waals surface area contributed by atoms with Crippen molar-refractivity contribution in [1.82, 2.24) is 0 Å². The van der Waals surface area contributed by atoms with Crippen molar-refractivity contribution in [2.24, 2.45) is 0 Å². The van der Waals surface area contributed by atoms with Crippen LogP contribution >= 0.6 is 0 Å². The van der Waals surface area contributed by atoms with Crippen molar-refractivity contribution < 1.29 is 22.7 Å². The maximum atomic E-state index is 12.5. The smallest absolute Gasteiger partial charge is 0.255 e. The molecule has 1 amide bonds. The number of sulfonamides is 1. The highest BCUT2D eigenvalue weighted by Crippen LogP contribution is 2.30. The number of nitrogens with one attached hydrogen (secondary N) is 1. The average Bonchev–Trinajstić information content (AvgIpc) is 2.60. The van der Waals surface area contributed by atoms with E-state index in [-0.39, 0.29) is 5.91 Å². The number of aryl methyl sites for hydroxylation is 1. The Balaban J connectivity index is 2.24. The van der Waals surface area contributed by atoms with Gasteiger partial charge in [-0.2, -0.15) is 0 Å². The van der Waals surface area contributed by atoms with Crippen molar-refractivity contribution in [1.29, 1.82) is 0 Å². The fourth-order valence-corrected chi connectivity index (χ4v) is 3.01. The summed E-state index contributed by atoms with van der Waals surface area (Å²) in [5.74, 6) is 0.759. The summed E-state index contributed by atoms with van der Waals surface area (Å²) in [6.07, 6.45) is 1.13. The Bertz CT molecular complexity index is 925. The van der Waals surface area contributed by atoms with Gasteiger partial charge in [-0.1, -0.05) is 0 Å². The van der Waals surface area contributed by atoms with Gasteiger partial charge in [0.2, 0.25) is 10.0 Å². The van der Waals surface area contributed by atoms with Crippen LogP contribution in [-0.2, 0) is 10.0 Å². The Hall–Kier alpha value is -2.74. The summed E-state index contributed by atoms with van der Waals surface area (Å²) in [7, 11) is 1.16. The number of carbonyl (C=O) groups excluding carboxylic acids is 1. The summed E-state index contributed by atoms with van der Waals surface area (Å²) in [4.78, 5) is 12.5. The first-order valence-electron chi connectivity index (χ1n) is 7.75. The summed E-state index contributed by atoms with van der Waals surface area (Å²) in [5, 5.41) is 2.78. The second kappa shape index (κ2) is 7.65. The first kappa shape index (κ1) is 19.6. The van der Waals surface area contributed by atoms with E-state index in [1.165, 1.54) is 25.6 Å². The molecule has 140 valence electrons. The number of anilines is 2. The van der Waals surface area contributed by atoms with E-state index in [9.17, 15) is 13.2 Å². The van der Waals surface area contributed by atoms with Gasteiger partial charge in [0.1, 0.15) is 0 Å². The second-order valence-electron chi connectivity index (χ2n) is 5.76. The van der Waals surface area contributed by atoms with Crippen LogP contribution in [0, 0.1) is 6.92 Å². The van der Waals surface area contributed by atoms with Crippen LogP contribution in [0.1, 0.15) is 15.9 Å². The topological polar surface area (TPSA) is 84.9 Å². The van der Waals surface area contributed by atoms with E-state index in [1.807, 2.05) is 0 Å². The number of methoxy groups -OCH3 is 2. The van der Waals surface area contributed by atoms with Gasteiger partial charge in [-0.15, -0.1) is 0 Å². The molecule has 1 N–H and O–H groups in total. The van der Waals surface area contributed by atoms with Crippen LogP contribution in [0.2, 0.25) is 0 Å². The second-order valence-corrected chi connectivity index (χ2v) is 7.77. The van der Waals surface area contributed by atoms with Crippen molar-refractivity contribution >= 4 is 27.3 Å². The van der Waals surface area contributed by atoms with Crippen molar-refractivity contribution in [3.8, 4) is 11.5 Å². The van der Waals surface area contributed by atoms with Crippen molar-refractivity contribution in [2.75, 3.05) is 37.1 Å². The fraction of sp³-hybridized carbons (Fsp3) is 0.278. The van der Waals surface area contributed by atoms with E-state index in [2.05, 4.69) is 5.32 Å². The van der Waals surface area contributed by atoms with Crippen molar-refractivity contribution in [3.05, 3.63) is 47.5 Å². The van der Waals surface area contributed by atoms with E-state index in [4.69, 9.17) is 9.47 Å². The number of carbonyl (C=O) groups is 1. The molecule has 0 atom stereocenters. The molecule has 0 aliphatic heterocycles. The lowest BCUT2D eigenvalue weighted by molar-refractivity contribution is 0.102. The molecule has 0 saturated heterocycles. The molecule has 8 heteroatoms. The van der Waals surface area contributed by atoms with Crippen LogP contribution in [0.5, 0.6) is 11.5 Å². The highest BCUT2D eigenvalue weighted by atomic mass is 32.2. The molecular weight excluding hydrogens is 356 g/mol. The van der Waals surface area contributed by atoms with Crippen LogP contribution in [0.25, 0.3) is 0 Å². The minimum atomic E-state index is -3.37. The number of hydrogen-bond donors (Lipinski definition) is 1. The molecule has 0 aromatic heterocycles. The Kier molecular flexibility index (Phi) is 5.76. The molecule has 0 aliphatic carbocycles. The Morgan fingerprint density at radius 1 is 1.04 bits per heavy atom. The van der Waals surface area contributed by atoms with E-state index >= 15 is 0 Å². The first-order valence-corrected chi connectivity index (χ1v) is 9.60. The Labute approximate surface area is 153 Å². The number of rotatable bonds is 6. The lowest BCUT2D eigenvalue weighted by atomic mass is 10.1. The van der Waals surface area contributed by atoms with Gasteiger partial charge in [0, 0.05) is 24.4 Å². The number of nitrogens with zero attached hydrogens (tertiary/aromatic N) is 1. The lowest BCUT2D eigenvalue weighted by Crippen LogP contribution is -2.25. The predicted octanol–water partition coefficient (Wildman–Crippen LogP) is 2.66. The molecule has 2 aromatic rings. The monoisotopic (exact) mass is 378 g/mol. The third-order valence-corrected chi connectivity index (χ3v) is 5.13. The summed E-state index contributed by atoms with van der Waals surface area (Å²) in [6, 6.07) is 9.91. The van der Waals surface area contributed by atoms with E-state index < -0.39 is 10.0 Å². The number of amides is 1. The highest BCUT2D eigenvalue weighted by Gasteiger charge is 2.16. The molecule has 0 aliphatic rings. The normalized spacial score (nSPS) is 11.0. The van der Waals surface area contributed by atoms with Crippen LogP contribution in [0.4, 0.5) is 11.4 Å². The van der Waals surface area contributed by atoms with E-state index in [1.54, 1.807) is 43.3 Å². The molecule has 2 aromatic carbocycles. The number of ether oxygens (including phenoxy) is 2.